The molecule has 0 spiro atoms. The lowest BCUT2D eigenvalue weighted by atomic mass is 10.1. The minimum absolute atomic E-state index is 0.0829. The van der Waals surface area contributed by atoms with Gasteiger partial charge in [0.1, 0.15) is 29.7 Å². The molecule has 2 aromatic carbocycles. The molecule has 3 nitrogen and oxygen atoms in total. The summed E-state index contributed by atoms with van der Waals surface area (Å²) in [5.41, 5.74) is 1.74. The number of rotatable bonds is 6. The maximum Gasteiger partial charge on any atom is 0.185 e. The van der Waals surface area contributed by atoms with Crippen molar-refractivity contribution in [3.8, 4) is 5.75 Å². The van der Waals surface area contributed by atoms with Crippen molar-refractivity contribution < 1.29 is 18.3 Å². The van der Waals surface area contributed by atoms with Gasteiger partial charge in [-0.15, -0.1) is 0 Å². The Balaban J connectivity index is 1.58. The van der Waals surface area contributed by atoms with Crippen LogP contribution < -0.4 is 4.74 Å². The third-order valence-corrected chi connectivity index (χ3v) is 3.61. The zero-order valence-electron chi connectivity index (χ0n) is 13.7. The van der Waals surface area contributed by atoms with E-state index in [0.717, 1.165) is 5.56 Å². The van der Waals surface area contributed by atoms with Gasteiger partial charge < -0.3 is 9.15 Å². The van der Waals surface area contributed by atoms with E-state index < -0.39 is 0 Å². The summed E-state index contributed by atoms with van der Waals surface area (Å²) in [5.74, 6) is 1.35. The zero-order valence-corrected chi connectivity index (χ0v) is 13.7. The average molecular weight is 336 g/mol. The molecule has 3 aromatic rings. The minimum atomic E-state index is -0.309. The highest BCUT2D eigenvalue weighted by Crippen LogP contribution is 2.16. The van der Waals surface area contributed by atoms with Gasteiger partial charge in [-0.05, 0) is 55.5 Å². The summed E-state index contributed by atoms with van der Waals surface area (Å²) in [5, 5.41) is 0. The van der Waals surface area contributed by atoms with Gasteiger partial charge in [-0.1, -0.05) is 29.8 Å². The van der Waals surface area contributed by atoms with Crippen LogP contribution >= 0.6 is 0 Å². The molecule has 0 fully saturated rings. The molecule has 4 heteroatoms. The normalized spacial score (nSPS) is 11.0. The number of ketones is 1. The topological polar surface area (TPSA) is 39.4 Å². The molecule has 0 aliphatic rings. The third kappa shape index (κ3) is 4.67. The number of benzene rings is 2. The monoisotopic (exact) mass is 336 g/mol. The van der Waals surface area contributed by atoms with E-state index in [0.29, 0.717) is 22.8 Å². The predicted octanol–water partition coefficient (Wildman–Crippen LogP) is 5.20. The molecule has 1 heterocycles. The molecular weight excluding hydrogens is 319 g/mol. The second-order valence-corrected chi connectivity index (χ2v) is 5.61. The molecule has 0 unspecified atom stereocenters. The molecule has 0 radical (unpaired) electrons. The second kappa shape index (κ2) is 7.62. The van der Waals surface area contributed by atoms with Crippen LogP contribution in [0.1, 0.15) is 27.4 Å². The number of aryl methyl sites for hydroxylation is 1. The SMILES string of the molecule is Cc1ccc(C(=O)/C=C/c2ccc(COc3ccc(F)cc3)o2)cc1. The van der Waals surface area contributed by atoms with E-state index in [1.165, 1.54) is 18.2 Å². The Kier molecular flexibility index (Phi) is 5.09. The van der Waals surface area contributed by atoms with Gasteiger partial charge in [-0.2, -0.15) is 0 Å². The summed E-state index contributed by atoms with van der Waals surface area (Å²) < 4.78 is 23.9. The highest BCUT2D eigenvalue weighted by atomic mass is 19.1. The van der Waals surface area contributed by atoms with E-state index in [9.17, 15) is 9.18 Å². The highest BCUT2D eigenvalue weighted by Gasteiger charge is 2.04. The van der Waals surface area contributed by atoms with Gasteiger partial charge >= 0.3 is 0 Å². The zero-order chi connectivity index (χ0) is 17.6. The Morgan fingerprint density at radius 3 is 2.48 bits per heavy atom. The van der Waals surface area contributed by atoms with E-state index in [1.807, 2.05) is 19.1 Å². The number of ether oxygens (including phenoxy) is 1. The average Bonchev–Trinajstić information content (AvgIpc) is 3.08. The second-order valence-electron chi connectivity index (χ2n) is 5.61. The van der Waals surface area contributed by atoms with Gasteiger partial charge in [0, 0.05) is 5.56 Å². The molecule has 0 aliphatic carbocycles. The van der Waals surface area contributed by atoms with Gasteiger partial charge in [0.15, 0.2) is 5.78 Å². The number of furan rings is 1. The van der Waals surface area contributed by atoms with Crippen molar-refractivity contribution in [2.24, 2.45) is 0 Å². The quantitative estimate of drug-likeness (QED) is 0.459. The third-order valence-electron chi connectivity index (χ3n) is 3.61. The summed E-state index contributed by atoms with van der Waals surface area (Å²) in [6.45, 7) is 2.20. The summed E-state index contributed by atoms with van der Waals surface area (Å²) in [6.07, 6.45) is 3.11. The van der Waals surface area contributed by atoms with E-state index in [1.54, 1.807) is 42.5 Å². The standard InChI is InChI=1S/C21H17FO3/c1-15-2-4-16(5-3-15)21(23)13-12-19-10-11-20(25-19)14-24-18-8-6-17(22)7-9-18/h2-13H,14H2,1H3/b13-12+. The molecule has 1 aromatic heterocycles. The first-order chi connectivity index (χ1) is 12.1. The Morgan fingerprint density at radius 1 is 1.04 bits per heavy atom. The first-order valence-electron chi connectivity index (χ1n) is 7.86. The minimum Gasteiger partial charge on any atom is -0.486 e. The lowest BCUT2D eigenvalue weighted by Gasteiger charge is -2.03. The van der Waals surface area contributed by atoms with Crippen molar-refractivity contribution >= 4 is 11.9 Å². The molecule has 0 atom stereocenters. The van der Waals surface area contributed by atoms with Crippen LogP contribution in [0.25, 0.3) is 6.08 Å². The van der Waals surface area contributed by atoms with Crippen LogP contribution in [0.3, 0.4) is 0 Å². The van der Waals surface area contributed by atoms with Crippen LogP contribution in [0, 0.1) is 12.7 Å². The van der Waals surface area contributed by atoms with Gasteiger partial charge in [0.25, 0.3) is 0 Å². The maximum atomic E-state index is 12.8. The maximum absolute atomic E-state index is 12.8. The summed E-state index contributed by atoms with van der Waals surface area (Å²) >= 11 is 0. The molecule has 0 bridgehead atoms. The molecule has 0 aliphatic heterocycles. The van der Waals surface area contributed by atoms with Crippen molar-refractivity contribution in [3.05, 3.63) is 95.2 Å². The number of carbonyl (C=O) groups excluding carboxylic acids is 1. The van der Waals surface area contributed by atoms with Crippen LogP contribution in [-0.2, 0) is 6.61 Å². The van der Waals surface area contributed by atoms with Gasteiger partial charge in [0.05, 0.1) is 0 Å². The van der Waals surface area contributed by atoms with Crippen LogP contribution in [0.5, 0.6) is 5.75 Å². The molecule has 126 valence electrons. The first-order valence-corrected chi connectivity index (χ1v) is 7.86. The van der Waals surface area contributed by atoms with Crippen LogP contribution in [0.15, 0.2) is 71.2 Å². The molecule has 25 heavy (non-hydrogen) atoms. The molecule has 3 rings (SSSR count). The Labute approximate surface area is 145 Å². The van der Waals surface area contributed by atoms with Gasteiger partial charge in [-0.3, -0.25) is 4.79 Å². The van der Waals surface area contributed by atoms with E-state index >= 15 is 0 Å². The molecular formula is C21H17FO3. The van der Waals surface area contributed by atoms with Crippen molar-refractivity contribution in [2.75, 3.05) is 0 Å². The lowest BCUT2D eigenvalue weighted by Crippen LogP contribution is -1.94. The van der Waals surface area contributed by atoms with E-state index in [4.69, 9.17) is 9.15 Å². The largest absolute Gasteiger partial charge is 0.486 e. The molecule has 0 saturated heterocycles. The fourth-order valence-corrected chi connectivity index (χ4v) is 2.22. The van der Waals surface area contributed by atoms with E-state index in [-0.39, 0.29) is 18.2 Å². The van der Waals surface area contributed by atoms with Gasteiger partial charge in [-0.25, -0.2) is 4.39 Å². The number of allylic oxidation sites excluding steroid dienone is 1. The molecule has 0 N–H and O–H groups in total. The highest BCUT2D eigenvalue weighted by molar-refractivity contribution is 6.06. The summed E-state index contributed by atoms with van der Waals surface area (Å²) in [7, 11) is 0. The number of hydrogen-bond donors (Lipinski definition) is 0. The van der Waals surface area contributed by atoms with Crippen LogP contribution in [0.2, 0.25) is 0 Å². The molecule has 0 saturated carbocycles. The summed E-state index contributed by atoms with van der Waals surface area (Å²) in [6, 6.07) is 16.7. The van der Waals surface area contributed by atoms with Crippen molar-refractivity contribution in [3.63, 3.8) is 0 Å². The fourth-order valence-electron chi connectivity index (χ4n) is 2.22. The van der Waals surface area contributed by atoms with Crippen LogP contribution in [0.4, 0.5) is 4.39 Å². The van der Waals surface area contributed by atoms with Crippen molar-refractivity contribution in [1.29, 1.82) is 0 Å². The Morgan fingerprint density at radius 2 is 1.76 bits per heavy atom. The number of carbonyl (C=O) groups is 1. The molecule has 0 amide bonds. The Hall–Kier alpha value is -3.14. The lowest BCUT2D eigenvalue weighted by molar-refractivity contribution is 0.104. The Bertz CT molecular complexity index is 874. The van der Waals surface area contributed by atoms with Crippen molar-refractivity contribution in [2.45, 2.75) is 13.5 Å². The van der Waals surface area contributed by atoms with Crippen molar-refractivity contribution in [1.82, 2.24) is 0 Å². The number of halogens is 1. The van der Waals surface area contributed by atoms with E-state index in [2.05, 4.69) is 0 Å². The van der Waals surface area contributed by atoms with Crippen LogP contribution in [-0.4, -0.2) is 5.78 Å². The smallest absolute Gasteiger partial charge is 0.185 e. The summed E-state index contributed by atoms with van der Waals surface area (Å²) in [4.78, 5) is 12.1. The van der Waals surface area contributed by atoms with Gasteiger partial charge in [0.2, 0.25) is 0 Å². The predicted molar refractivity (Wildman–Crippen MR) is 94.0 cm³/mol. The fraction of sp³-hybridized carbons (Fsp3) is 0.0952. The first kappa shape index (κ1) is 16.7. The number of hydrogen-bond acceptors (Lipinski definition) is 3.